The molecule has 0 saturated carbocycles. The van der Waals surface area contributed by atoms with Gasteiger partial charge in [0, 0.05) is 18.2 Å². The van der Waals surface area contributed by atoms with Gasteiger partial charge in [0.2, 0.25) is 17.7 Å². The number of nitrogens with zero attached hydrogens (tertiary/aromatic N) is 1. The number of likely N-dealkylation sites (tertiary alicyclic amines) is 1. The number of rotatable bonds is 5. The van der Waals surface area contributed by atoms with Gasteiger partial charge in [0.15, 0.2) is 11.5 Å². The number of hydrogen-bond donors (Lipinski definition) is 4. The lowest BCUT2D eigenvalue weighted by Crippen LogP contribution is -2.53. The zero-order valence-electron chi connectivity index (χ0n) is 20.6. The number of nitrogens with one attached hydrogen (secondary N) is 2. The number of phenols is 2. The highest BCUT2D eigenvalue weighted by atomic mass is 35.5. The molecule has 3 aromatic rings. The van der Waals surface area contributed by atoms with Gasteiger partial charge in [-0.05, 0) is 54.7 Å². The summed E-state index contributed by atoms with van der Waals surface area (Å²) in [5.41, 5.74) is 2.02. The Morgan fingerprint density at radius 3 is 2.45 bits per heavy atom. The van der Waals surface area contributed by atoms with E-state index in [2.05, 4.69) is 10.6 Å². The maximum absolute atomic E-state index is 14.0. The van der Waals surface area contributed by atoms with Crippen LogP contribution in [0, 0.1) is 18.8 Å². The first-order valence-electron chi connectivity index (χ1n) is 12.5. The SMILES string of the molecule is Cc1cc(Cl)c2c(c1)[C@@]1(N[C@@H](Cc3ccc(O)c(O)c3)[C@H]3C(=O)N(CCc4ccccc4)C(=O)[C@@H]31)C(=O)N2. The van der Waals surface area contributed by atoms with Crippen LogP contribution in [0.15, 0.2) is 60.7 Å². The molecule has 38 heavy (non-hydrogen) atoms. The number of phenolic OH excluding ortho intramolecular Hbond substituents is 2. The lowest BCUT2D eigenvalue weighted by Gasteiger charge is -2.30. The van der Waals surface area contributed by atoms with Gasteiger partial charge >= 0.3 is 0 Å². The van der Waals surface area contributed by atoms with E-state index in [0.717, 1.165) is 11.1 Å². The van der Waals surface area contributed by atoms with E-state index >= 15 is 0 Å². The van der Waals surface area contributed by atoms with Crippen molar-refractivity contribution in [3.8, 4) is 11.5 Å². The molecule has 9 heteroatoms. The van der Waals surface area contributed by atoms with Crippen molar-refractivity contribution in [1.82, 2.24) is 10.2 Å². The first-order chi connectivity index (χ1) is 18.2. The molecular weight excluding hydrogens is 506 g/mol. The van der Waals surface area contributed by atoms with Crippen molar-refractivity contribution in [2.75, 3.05) is 11.9 Å². The van der Waals surface area contributed by atoms with Crippen molar-refractivity contribution in [3.63, 3.8) is 0 Å². The Bertz CT molecular complexity index is 1490. The second-order valence-electron chi connectivity index (χ2n) is 10.3. The number of imide groups is 1. The van der Waals surface area contributed by atoms with Crippen molar-refractivity contribution in [3.05, 3.63) is 87.9 Å². The van der Waals surface area contributed by atoms with Gasteiger partial charge in [0.05, 0.1) is 22.5 Å². The molecule has 4 N–H and O–H groups in total. The lowest BCUT2D eigenvalue weighted by atomic mass is 9.76. The van der Waals surface area contributed by atoms with E-state index < -0.39 is 29.3 Å². The molecule has 2 fully saturated rings. The van der Waals surface area contributed by atoms with Crippen LogP contribution in [0.1, 0.15) is 22.3 Å². The van der Waals surface area contributed by atoms with Crippen LogP contribution in [0.4, 0.5) is 5.69 Å². The van der Waals surface area contributed by atoms with Crippen LogP contribution in [-0.2, 0) is 32.8 Å². The Kier molecular flexibility index (Phi) is 5.70. The van der Waals surface area contributed by atoms with E-state index in [0.29, 0.717) is 28.3 Å². The minimum absolute atomic E-state index is 0.209. The molecule has 3 aromatic carbocycles. The van der Waals surface area contributed by atoms with Crippen molar-refractivity contribution >= 4 is 35.0 Å². The standard InChI is InChI=1S/C29H26ClN3O5/c1-15-11-18-25(19(30)12-15)31-28(38)29(18)24-23(20(32-29)13-17-7-8-21(34)22(35)14-17)26(36)33(27(24)37)10-9-16-5-3-2-4-6-16/h2-8,11-12,14,20,23-24,32,34-35H,9-10,13H2,1H3,(H,31,38)/t20-,23+,24+,29-/m0/s1. The third kappa shape index (κ3) is 3.59. The predicted octanol–water partition coefficient (Wildman–Crippen LogP) is 3.27. The van der Waals surface area contributed by atoms with Gasteiger partial charge in [-0.1, -0.05) is 54.1 Å². The smallest absolute Gasteiger partial charge is 0.250 e. The monoisotopic (exact) mass is 531 g/mol. The topological polar surface area (TPSA) is 119 Å². The average Bonchev–Trinajstić information content (AvgIpc) is 3.46. The van der Waals surface area contributed by atoms with Crippen LogP contribution >= 0.6 is 11.6 Å². The summed E-state index contributed by atoms with van der Waals surface area (Å²) in [5, 5.41) is 26.4. The van der Waals surface area contributed by atoms with Gasteiger partial charge in [-0.3, -0.25) is 24.6 Å². The highest BCUT2D eigenvalue weighted by molar-refractivity contribution is 6.35. The van der Waals surface area contributed by atoms with E-state index in [1.165, 1.54) is 17.0 Å². The Hall–Kier alpha value is -3.88. The van der Waals surface area contributed by atoms with Gasteiger partial charge in [-0.15, -0.1) is 0 Å². The zero-order chi connectivity index (χ0) is 26.8. The molecule has 6 rings (SSSR count). The summed E-state index contributed by atoms with van der Waals surface area (Å²) in [6.45, 7) is 2.07. The van der Waals surface area contributed by atoms with E-state index in [-0.39, 0.29) is 36.3 Å². The summed E-state index contributed by atoms with van der Waals surface area (Å²) in [6, 6.07) is 17.1. The molecule has 0 radical (unpaired) electrons. The van der Waals surface area contributed by atoms with E-state index in [1.807, 2.05) is 43.3 Å². The van der Waals surface area contributed by atoms with Crippen molar-refractivity contribution in [1.29, 1.82) is 0 Å². The molecule has 194 valence electrons. The average molecular weight is 532 g/mol. The summed E-state index contributed by atoms with van der Waals surface area (Å²) >= 11 is 6.50. The van der Waals surface area contributed by atoms with E-state index in [9.17, 15) is 24.6 Å². The number of amides is 3. The molecule has 3 aliphatic rings. The summed E-state index contributed by atoms with van der Waals surface area (Å²) in [4.78, 5) is 42.8. The van der Waals surface area contributed by atoms with Gasteiger partial charge in [-0.25, -0.2) is 0 Å². The molecule has 2 saturated heterocycles. The third-order valence-corrected chi connectivity index (χ3v) is 8.27. The highest BCUT2D eigenvalue weighted by Crippen LogP contribution is 2.54. The lowest BCUT2D eigenvalue weighted by molar-refractivity contribution is -0.142. The van der Waals surface area contributed by atoms with Crippen LogP contribution in [0.3, 0.4) is 0 Å². The number of aromatic hydroxyl groups is 2. The van der Waals surface area contributed by atoms with Crippen molar-refractivity contribution < 1.29 is 24.6 Å². The number of anilines is 1. The largest absolute Gasteiger partial charge is 0.504 e. The minimum atomic E-state index is -1.46. The second-order valence-corrected chi connectivity index (χ2v) is 10.7. The maximum atomic E-state index is 14.0. The Balaban J connectivity index is 1.42. The fourth-order valence-electron chi connectivity index (χ4n) is 6.28. The molecule has 3 aliphatic heterocycles. The summed E-state index contributed by atoms with van der Waals surface area (Å²) in [6.07, 6.45) is 0.757. The number of hydrogen-bond acceptors (Lipinski definition) is 6. The summed E-state index contributed by atoms with van der Waals surface area (Å²) < 4.78 is 0. The molecule has 0 aromatic heterocycles. The molecule has 3 heterocycles. The maximum Gasteiger partial charge on any atom is 0.250 e. The number of benzene rings is 3. The van der Waals surface area contributed by atoms with Gasteiger partial charge in [0.25, 0.3) is 0 Å². The van der Waals surface area contributed by atoms with Gasteiger partial charge in [0.1, 0.15) is 5.54 Å². The summed E-state index contributed by atoms with van der Waals surface area (Å²) in [5.74, 6) is -3.43. The molecule has 0 unspecified atom stereocenters. The number of carbonyl (C=O) groups is 3. The van der Waals surface area contributed by atoms with Crippen molar-refractivity contribution in [2.45, 2.75) is 31.3 Å². The normalized spacial score (nSPS) is 25.7. The molecule has 0 bridgehead atoms. The quantitative estimate of drug-likeness (QED) is 0.296. The second kappa shape index (κ2) is 8.85. The fourth-order valence-corrected chi connectivity index (χ4v) is 6.61. The molecule has 4 atom stereocenters. The molecule has 3 amide bonds. The number of fused-ring (bicyclic) bond motifs is 4. The molecule has 8 nitrogen and oxygen atoms in total. The number of carbonyl (C=O) groups excluding carboxylic acids is 3. The first kappa shape index (κ1) is 24.5. The molecule has 1 spiro atoms. The third-order valence-electron chi connectivity index (χ3n) is 7.97. The van der Waals surface area contributed by atoms with Crippen molar-refractivity contribution in [2.24, 2.45) is 11.8 Å². The van der Waals surface area contributed by atoms with Gasteiger partial charge in [-0.2, -0.15) is 0 Å². The van der Waals surface area contributed by atoms with Crippen LogP contribution in [0.25, 0.3) is 0 Å². The van der Waals surface area contributed by atoms with Crippen LogP contribution in [0.2, 0.25) is 5.02 Å². The van der Waals surface area contributed by atoms with E-state index in [1.54, 1.807) is 12.1 Å². The predicted molar refractivity (Wildman–Crippen MR) is 141 cm³/mol. The van der Waals surface area contributed by atoms with Crippen LogP contribution in [0.5, 0.6) is 11.5 Å². The summed E-state index contributed by atoms with van der Waals surface area (Å²) in [7, 11) is 0. The Morgan fingerprint density at radius 2 is 1.71 bits per heavy atom. The highest BCUT2D eigenvalue weighted by Gasteiger charge is 2.70. The Morgan fingerprint density at radius 1 is 0.947 bits per heavy atom. The first-order valence-corrected chi connectivity index (χ1v) is 12.9. The van der Waals surface area contributed by atoms with Gasteiger partial charge < -0.3 is 15.5 Å². The molecule has 0 aliphatic carbocycles. The number of halogens is 1. The molecular formula is C29H26ClN3O5. The zero-order valence-corrected chi connectivity index (χ0v) is 21.3. The fraction of sp³-hybridized carbons (Fsp3) is 0.276. The number of aryl methyl sites for hydroxylation is 1. The van der Waals surface area contributed by atoms with Crippen LogP contribution in [-0.4, -0.2) is 45.4 Å². The minimum Gasteiger partial charge on any atom is -0.504 e. The van der Waals surface area contributed by atoms with Crippen LogP contribution < -0.4 is 10.6 Å². The van der Waals surface area contributed by atoms with E-state index in [4.69, 9.17) is 11.6 Å². The Labute approximate surface area is 224 Å².